The maximum atomic E-state index is 13.6. The number of hydrogen-bond donors (Lipinski definition) is 1. The van der Waals surface area contributed by atoms with Crippen molar-refractivity contribution in [1.29, 1.82) is 0 Å². The third-order valence-electron chi connectivity index (χ3n) is 6.32. The molecule has 1 N–H and O–H groups in total. The Hall–Kier alpha value is -4.01. The van der Waals surface area contributed by atoms with E-state index in [0.29, 0.717) is 28.5 Å². The lowest BCUT2D eigenvalue weighted by molar-refractivity contribution is -0.279. The quantitative estimate of drug-likeness (QED) is 0.308. The van der Waals surface area contributed by atoms with Gasteiger partial charge in [-0.15, -0.1) is 10.2 Å². The molecule has 1 aliphatic rings. The number of aryl methyl sites for hydroxylation is 2. The van der Waals surface area contributed by atoms with Crippen molar-refractivity contribution in [2.45, 2.75) is 12.5 Å². The molecule has 1 amide bonds. The minimum absolute atomic E-state index is 0.0196. The molecule has 6 rings (SSSR count). The number of hydrogen-bond acceptors (Lipinski definition) is 9. The van der Waals surface area contributed by atoms with Gasteiger partial charge in [0.2, 0.25) is 5.91 Å². The van der Waals surface area contributed by atoms with Crippen molar-refractivity contribution in [3.63, 3.8) is 0 Å². The minimum atomic E-state index is -0.719. The van der Waals surface area contributed by atoms with Crippen molar-refractivity contribution in [2.75, 3.05) is 23.8 Å². The second-order valence-electron chi connectivity index (χ2n) is 9.24. The molecular formula is C25H24Cl2N10O3. The molecule has 13 nitrogen and oxygen atoms in total. The Morgan fingerprint density at radius 2 is 1.90 bits per heavy atom. The highest BCUT2D eigenvalue weighted by atomic mass is 35.5. The first-order chi connectivity index (χ1) is 19.3. The fourth-order valence-corrected chi connectivity index (χ4v) is 4.77. The summed E-state index contributed by atoms with van der Waals surface area (Å²) in [6.45, 7) is -0.0573. The number of aromatic nitrogens is 7. The molecule has 0 saturated carbocycles. The van der Waals surface area contributed by atoms with Gasteiger partial charge in [0.1, 0.15) is 6.04 Å². The number of carbonyl (C=O) groups excluding carboxylic acids is 1. The summed E-state index contributed by atoms with van der Waals surface area (Å²) in [5.41, 5.74) is 3.59. The molecule has 0 spiro atoms. The van der Waals surface area contributed by atoms with Crippen LogP contribution in [0.5, 0.6) is 0 Å². The molecule has 1 fully saturated rings. The van der Waals surface area contributed by atoms with Gasteiger partial charge >= 0.3 is 0 Å². The zero-order chi connectivity index (χ0) is 27.8. The SMILES string of the molecule is Cn1cc(CC(C(=O)Nc2ccc3nn(C)cc3c2)N2CON(c3cc(Cl)ccc3-n3cc(Cl)nn3)CO2)cn1. The van der Waals surface area contributed by atoms with Gasteiger partial charge in [-0.3, -0.25) is 23.8 Å². The Labute approximate surface area is 238 Å². The Balaban J connectivity index is 1.21. The van der Waals surface area contributed by atoms with Crippen LogP contribution in [0, 0.1) is 0 Å². The molecule has 1 atom stereocenters. The van der Waals surface area contributed by atoms with Gasteiger partial charge in [-0.25, -0.2) is 9.75 Å². The number of benzene rings is 2. The van der Waals surface area contributed by atoms with Crippen LogP contribution < -0.4 is 10.4 Å². The summed E-state index contributed by atoms with van der Waals surface area (Å²) in [6.07, 6.45) is 7.40. The van der Waals surface area contributed by atoms with E-state index in [1.54, 1.807) is 40.0 Å². The summed E-state index contributed by atoms with van der Waals surface area (Å²) in [5.74, 6) is -0.259. The lowest BCUT2D eigenvalue weighted by Gasteiger charge is -2.38. The van der Waals surface area contributed by atoms with E-state index >= 15 is 0 Å². The molecule has 1 unspecified atom stereocenters. The number of anilines is 2. The highest BCUT2D eigenvalue weighted by Crippen LogP contribution is 2.30. The van der Waals surface area contributed by atoms with Gasteiger partial charge in [-0.1, -0.05) is 28.4 Å². The van der Waals surface area contributed by atoms with E-state index in [1.165, 1.54) is 14.8 Å². The first-order valence-electron chi connectivity index (χ1n) is 12.2. The third-order valence-corrected chi connectivity index (χ3v) is 6.73. The second-order valence-corrected chi connectivity index (χ2v) is 10.1. The number of halogens is 2. The van der Waals surface area contributed by atoms with Crippen LogP contribution in [0.1, 0.15) is 5.56 Å². The number of carbonyl (C=O) groups is 1. The van der Waals surface area contributed by atoms with Gasteiger partial charge in [0.15, 0.2) is 18.6 Å². The molecule has 0 bridgehead atoms. The molecular weight excluding hydrogens is 559 g/mol. The van der Waals surface area contributed by atoms with E-state index < -0.39 is 6.04 Å². The van der Waals surface area contributed by atoms with E-state index in [4.69, 9.17) is 32.9 Å². The van der Waals surface area contributed by atoms with Crippen molar-refractivity contribution in [1.82, 2.24) is 39.6 Å². The van der Waals surface area contributed by atoms with Crippen LogP contribution in [0.15, 0.2) is 61.2 Å². The Bertz CT molecular complexity index is 1670. The first-order valence-corrected chi connectivity index (χ1v) is 13.0. The van der Waals surface area contributed by atoms with Crippen molar-refractivity contribution >= 4 is 51.4 Å². The van der Waals surface area contributed by atoms with Crippen LogP contribution >= 0.6 is 23.2 Å². The van der Waals surface area contributed by atoms with E-state index in [1.807, 2.05) is 44.7 Å². The van der Waals surface area contributed by atoms with E-state index in [0.717, 1.165) is 16.5 Å². The van der Waals surface area contributed by atoms with Crippen LogP contribution in [0.25, 0.3) is 16.6 Å². The molecule has 1 saturated heterocycles. The maximum absolute atomic E-state index is 13.6. The summed E-state index contributed by atoms with van der Waals surface area (Å²) in [5, 5.41) is 24.2. The van der Waals surface area contributed by atoms with Crippen LogP contribution in [0.4, 0.5) is 11.4 Å². The van der Waals surface area contributed by atoms with Crippen molar-refractivity contribution in [3.05, 3.63) is 76.9 Å². The number of nitrogens with one attached hydrogen (secondary N) is 1. The molecule has 206 valence electrons. The Morgan fingerprint density at radius 3 is 2.62 bits per heavy atom. The number of hydroxylamine groups is 3. The summed E-state index contributed by atoms with van der Waals surface area (Å²) in [7, 11) is 3.68. The number of nitrogens with zero attached hydrogens (tertiary/aromatic N) is 9. The second kappa shape index (κ2) is 10.9. The minimum Gasteiger partial charge on any atom is -0.325 e. The van der Waals surface area contributed by atoms with Gasteiger partial charge in [-0.2, -0.15) is 10.2 Å². The van der Waals surface area contributed by atoms with Crippen LogP contribution in [0.2, 0.25) is 10.2 Å². The van der Waals surface area contributed by atoms with Crippen LogP contribution in [-0.4, -0.2) is 65.0 Å². The molecule has 5 aromatic rings. The average Bonchev–Trinajstić information content (AvgIpc) is 3.66. The predicted octanol–water partition coefficient (Wildman–Crippen LogP) is 3.34. The monoisotopic (exact) mass is 582 g/mol. The largest absolute Gasteiger partial charge is 0.325 e. The van der Waals surface area contributed by atoms with E-state index in [-0.39, 0.29) is 24.5 Å². The topological polar surface area (TPSA) is 120 Å². The fourth-order valence-electron chi connectivity index (χ4n) is 4.48. The zero-order valence-electron chi connectivity index (χ0n) is 21.5. The molecule has 2 aromatic carbocycles. The maximum Gasteiger partial charge on any atom is 0.244 e. The van der Waals surface area contributed by atoms with Crippen molar-refractivity contribution < 1.29 is 14.5 Å². The van der Waals surface area contributed by atoms with Gasteiger partial charge in [-0.05, 0) is 42.0 Å². The molecule has 15 heteroatoms. The fraction of sp³-hybridized carbons (Fsp3) is 0.240. The van der Waals surface area contributed by atoms with Gasteiger partial charge in [0.25, 0.3) is 0 Å². The molecule has 3 aromatic heterocycles. The van der Waals surface area contributed by atoms with Gasteiger partial charge < -0.3 is 5.32 Å². The molecule has 40 heavy (non-hydrogen) atoms. The van der Waals surface area contributed by atoms with Crippen molar-refractivity contribution in [2.24, 2.45) is 14.1 Å². The summed E-state index contributed by atoms with van der Waals surface area (Å²) in [6, 6.07) is 10.1. The Kier molecular flexibility index (Phi) is 7.12. The normalized spacial score (nSPS) is 15.1. The Morgan fingerprint density at radius 1 is 1.02 bits per heavy atom. The highest BCUT2D eigenvalue weighted by Gasteiger charge is 2.33. The molecule has 0 aliphatic carbocycles. The summed E-state index contributed by atoms with van der Waals surface area (Å²) >= 11 is 12.3. The number of rotatable bonds is 7. The predicted molar refractivity (Wildman–Crippen MR) is 148 cm³/mol. The van der Waals surface area contributed by atoms with E-state index in [9.17, 15) is 4.79 Å². The standard InChI is InChI=1S/C25H24Cl2N10O3/c1-33-11-16(10-28-33)7-23(25(38)29-19-4-5-20-17(8-19)12-34(2)31-20)37-15-39-36(14-40-37)22-9-18(26)3-6-21(22)35-13-24(27)30-32-35/h3-6,8-13,23H,7,14-15H2,1-2H3,(H,29,38). The number of fused-ring (bicyclic) bond motifs is 1. The average molecular weight is 583 g/mol. The zero-order valence-corrected chi connectivity index (χ0v) is 23.0. The van der Waals surface area contributed by atoms with Crippen LogP contribution in [0.3, 0.4) is 0 Å². The third kappa shape index (κ3) is 5.50. The lowest BCUT2D eigenvalue weighted by Crippen LogP contribution is -2.52. The first kappa shape index (κ1) is 26.2. The van der Waals surface area contributed by atoms with Gasteiger partial charge in [0.05, 0.1) is 29.3 Å². The molecule has 4 heterocycles. The molecule has 0 radical (unpaired) electrons. The molecule has 1 aliphatic heterocycles. The number of amides is 1. The summed E-state index contributed by atoms with van der Waals surface area (Å²) < 4.78 is 4.93. The van der Waals surface area contributed by atoms with Crippen LogP contribution in [-0.2, 0) is 35.0 Å². The van der Waals surface area contributed by atoms with Gasteiger partial charge in [0, 0.05) is 49.0 Å². The van der Waals surface area contributed by atoms with E-state index in [2.05, 4.69) is 25.8 Å². The van der Waals surface area contributed by atoms with Crippen molar-refractivity contribution in [3.8, 4) is 5.69 Å². The lowest BCUT2D eigenvalue weighted by atomic mass is 10.1. The summed E-state index contributed by atoms with van der Waals surface area (Å²) in [4.78, 5) is 25.7. The highest BCUT2D eigenvalue weighted by molar-refractivity contribution is 6.31. The smallest absolute Gasteiger partial charge is 0.244 e.